The number of benzene rings is 1. The fourth-order valence-electron chi connectivity index (χ4n) is 1.80. The maximum absolute atomic E-state index is 12.1. The Labute approximate surface area is 130 Å². The van der Waals surface area contributed by atoms with Crippen LogP contribution < -0.4 is 11.1 Å². The van der Waals surface area contributed by atoms with Crippen LogP contribution in [-0.2, 0) is 4.79 Å². The van der Waals surface area contributed by atoms with Crippen molar-refractivity contribution in [2.45, 2.75) is 26.3 Å². The lowest BCUT2D eigenvalue weighted by Gasteiger charge is -2.17. The highest BCUT2D eigenvalue weighted by Crippen LogP contribution is 2.14. The van der Waals surface area contributed by atoms with Crippen LogP contribution in [0.15, 0.2) is 36.7 Å². The highest BCUT2D eigenvalue weighted by molar-refractivity contribution is 5.93. The summed E-state index contributed by atoms with van der Waals surface area (Å²) in [6.45, 7) is 3.95. The molecule has 1 aromatic heterocycles. The van der Waals surface area contributed by atoms with Crippen molar-refractivity contribution in [2.24, 2.45) is 11.7 Å². The second-order valence-electron chi connectivity index (χ2n) is 4.76. The maximum Gasteiger partial charge on any atom is 0.243 e. The maximum atomic E-state index is 12.1. The van der Waals surface area contributed by atoms with Crippen LogP contribution in [0.3, 0.4) is 0 Å². The molecule has 1 aromatic carbocycles. The van der Waals surface area contributed by atoms with Crippen LogP contribution in [0, 0.1) is 5.92 Å². The largest absolute Gasteiger partial charge is 0.320 e. The zero-order valence-corrected chi connectivity index (χ0v) is 12.9. The van der Waals surface area contributed by atoms with Crippen LogP contribution in [0.1, 0.15) is 20.3 Å². The summed E-state index contributed by atoms with van der Waals surface area (Å²) in [6, 6.07) is 9.00. The van der Waals surface area contributed by atoms with Crippen LogP contribution in [0.4, 0.5) is 5.95 Å². The lowest BCUT2D eigenvalue weighted by Crippen LogP contribution is -2.41. The first-order valence-electron chi connectivity index (χ1n) is 6.65. The number of halogens is 1. The second kappa shape index (κ2) is 7.75. The summed E-state index contributed by atoms with van der Waals surface area (Å²) in [5, 5.41) is 10.5. The minimum Gasteiger partial charge on any atom is -0.320 e. The molecule has 0 aliphatic rings. The van der Waals surface area contributed by atoms with E-state index in [4.69, 9.17) is 5.73 Å². The number of hydrogen-bond donors (Lipinski definition) is 2. The zero-order chi connectivity index (χ0) is 14.5. The monoisotopic (exact) mass is 309 g/mol. The summed E-state index contributed by atoms with van der Waals surface area (Å²) < 4.78 is 1.71. The number of nitrogens with one attached hydrogen (secondary N) is 1. The summed E-state index contributed by atoms with van der Waals surface area (Å²) in [7, 11) is 0. The molecular formula is C14H20ClN5O. The van der Waals surface area contributed by atoms with E-state index >= 15 is 0 Å². The van der Waals surface area contributed by atoms with Crippen LogP contribution in [0.5, 0.6) is 0 Å². The van der Waals surface area contributed by atoms with Crippen LogP contribution in [0.25, 0.3) is 5.69 Å². The normalized spacial score (nSPS) is 13.1. The second-order valence-corrected chi connectivity index (χ2v) is 4.76. The summed E-state index contributed by atoms with van der Waals surface area (Å²) in [5.74, 6) is 0.243. The molecule has 0 aliphatic carbocycles. The molecule has 21 heavy (non-hydrogen) atoms. The number of carbonyl (C=O) groups excluding carboxylic acids is 1. The molecule has 2 unspecified atom stereocenters. The standard InChI is InChI=1S/C14H19N5O.ClH/c1-3-10(2)12(15)13(20)17-14-18-16-9-19(14)11-7-5-4-6-8-11;/h4-10,12H,3,15H2,1-2H3,(H,17,18,20);1H. The first-order valence-corrected chi connectivity index (χ1v) is 6.65. The molecule has 0 bridgehead atoms. The van der Waals surface area contributed by atoms with Crippen molar-refractivity contribution in [3.05, 3.63) is 36.7 Å². The van der Waals surface area contributed by atoms with Crippen LogP contribution in [-0.4, -0.2) is 26.7 Å². The highest BCUT2D eigenvalue weighted by atomic mass is 35.5. The van der Waals surface area contributed by atoms with Crippen molar-refractivity contribution in [2.75, 3.05) is 5.32 Å². The van der Waals surface area contributed by atoms with Crippen molar-refractivity contribution in [1.29, 1.82) is 0 Å². The molecule has 6 nitrogen and oxygen atoms in total. The Morgan fingerprint density at radius 1 is 1.38 bits per heavy atom. The summed E-state index contributed by atoms with van der Waals surface area (Å²) >= 11 is 0. The summed E-state index contributed by atoms with van der Waals surface area (Å²) in [6.07, 6.45) is 2.40. The molecule has 1 amide bonds. The van der Waals surface area contributed by atoms with E-state index in [1.807, 2.05) is 44.2 Å². The number of rotatable bonds is 5. The van der Waals surface area contributed by atoms with Crippen molar-refractivity contribution in [3.8, 4) is 5.69 Å². The van der Waals surface area contributed by atoms with Gasteiger partial charge in [-0.2, -0.15) is 0 Å². The smallest absolute Gasteiger partial charge is 0.243 e. The SMILES string of the molecule is CCC(C)C(N)C(=O)Nc1nncn1-c1ccccc1.Cl. The van der Waals surface area contributed by atoms with Gasteiger partial charge in [0.05, 0.1) is 11.7 Å². The zero-order valence-electron chi connectivity index (χ0n) is 12.1. The van der Waals surface area contributed by atoms with Gasteiger partial charge in [-0.3, -0.25) is 14.7 Å². The summed E-state index contributed by atoms with van der Waals surface area (Å²) in [5.41, 5.74) is 6.79. The van der Waals surface area contributed by atoms with Gasteiger partial charge in [0.2, 0.25) is 11.9 Å². The highest BCUT2D eigenvalue weighted by Gasteiger charge is 2.21. The molecule has 0 spiro atoms. The number of nitrogens with zero attached hydrogens (tertiary/aromatic N) is 3. The van der Waals surface area contributed by atoms with Crippen molar-refractivity contribution in [3.63, 3.8) is 0 Å². The minimum atomic E-state index is -0.555. The van der Waals surface area contributed by atoms with E-state index in [9.17, 15) is 4.79 Å². The van der Waals surface area contributed by atoms with Gasteiger partial charge in [-0.05, 0) is 18.1 Å². The molecule has 114 valence electrons. The number of hydrogen-bond acceptors (Lipinski definition) is 4. The molecule has 1 heterocycles. The van der Waals surface area contributed by atoms with Gasteiger partial charge in [0, 0.05) is 0 Å². The Kier molecular flexibility index (Phi) is 6.33. The van der Waals surface area contributed by atoms with Gasteiger partial charge >= 0.3 is 0 Å². The van der Waals surface area contributed by atoms with Crippen LogP contribution >= 0.6 is 12.4 Å². The first kappa shape index (κ1) is 17.1. The predicted molar refractivity (Wildman–Crippen MR) is 84.7 cm³/mol. The molecular weight excluding hydrogens is 290 g/mol. The number of amides is 1. The molecule has 0 saturated heterocycles. The van der Waals surface area contributed by atoms with Crippen LogP contribution in [0.2, 0.25) is 0 Å². The van der Waals surface area contributed by atoms with Crippen molar-refractivity contribution < 1.29 is 4.79 Å². The van der Waals surface area contributed by atoms with E-state index in [0.29, 0.717) is 5.95 Å². The van der Waals surface area contributed by atoms with E-state index in [0.717, 1.165) is 12.1 Å². The molecule has 2 atom stereocenters. The molecule has 7 heteroatoms. The van der Waals surface area contributed by atoms with Crippen molar-refractivity contribution >= 4 is 24.3 Å². The first-order chi connectivity index (χ1) is 9.63. The number of para-hydroxylation sites is 1. The molecule has 3 N–H and O–H groups in total. The van der Waals surface area contributed by atoms with Gasteiger partial charge < -0.3 is 5.73 Å². The van der Waals surface area contributed by atoms with E-state index in [-0.39, 0.29) is 24.2 Å². The van der Waals surface area contributed by atoms with Gasteiger partial charge in [-0.25, -0.2) is 0 Å². The Hall–Kier alpha value is -1.92. The number of aromatic nitrogens is 3. The fraction of sp³-hybridized carbons (Fsp3) is 0.357. The Balaban J connectivity index is 0.00000220. The average Bonchev–Trinajstić information content (AvgIpc) is 2.94. The molecule has 2 aromatic rings. The topological polar surface area (TPSA) is 85.8 Å². The fourth-order valence-corrected chi connectivity index (χ4v) is 1.80. The molecule has 0 saturated carbocycles. The van der Waals surface area contributed by atoms with Gasteiger partial charge in [0.25, 0.3) is 0 Å². The lowest BCUT2D eigenvalue weighted by molar-refractivity contribution is -0.118. The third-order valence-electron chi connectivity index (χ3n) is 3.38. The quantitative estimate of drug-likeness (QED) is 0.884. The van der Waals surface area contributed by atoms with Gasteiger partial charge in [-0.1, -0.05) is 38.5 Å². The van der Waals surface area contributed by atoms with Crippen molar-refractivity contribution in [1.82, 2.24) is 14.8 Å². The predicted octanol–water partition coefficient (Wildman–Crippen LogP) is 2.00. The molecule has 2 rings (SSSR count). The van der Waals surface area contributed by atoms with E-state index in [2.05, 4.69) is 15.5 Å². The van der Waals surface area contributed by atoms with E-state index in [1.165, 1.54) is 0 Å². The molecule has 0 fully saturated rings. The molecule has 0 radical (unpaired) electrons. The third kappa shape index (κ3) is 4.03. The Morgan fingerprint density at radius 2 is 2.05 bits per heavy atom. The third-order valence-corrected chi connectivity index (χ3v) is 3.38. The van der Waals surface area contributed by atoms with Gasteiger partial charge in [-0.15, -0.1) is 22.6 Å². The number of anilines is 1. The summed E-state index contributed by atoms with van der Waals surface area (Å²) in [4.78, 5) is 12.1. The van der Waals surface area contributed by atoms with Gasteiger partial charge in [0.15, 0.2) is 0 Å². The Bertz CT molecular complexity index is 572. The molecule has 0 aliphatic heterocycles. The van der Waals surface area contributed by atoms with E-state index < -0.39 is 6.04 Å². The number of carbonyl (C=O) groups is 1. The lowest BCUT2D eigenvalue weighted by atomic mass is 10.00. The van der Waals surface area contributed by atoms with E-state index in [1.54, 1.807) is 10.9 Å². The number of nitrogens with two attached hydrogens (primary N) is 1. The Morgan fingerprint density at radius 3 is 2.67 bits per heavy atom. The minimum absolute atomic E-state index is 0. The average molecular weight is 310 g/mol. The van der Waals surface area contributed by atoms with Gasteiger partial charge in [0.1, 0.15) is 6.33 Å².